The second-order valence-electron chi connectivity index (χ2n) is 4.41. The predicted molar refractivity (Wildman–Crippen MR) is 67.1 cm³/mol. The molecule has 20 heavy (non-hydrogen) atoms. The number of hydrogen-bond donors (Lipinski definition) is 3. The Balaban J connectivity index is 2.54. The van der Waals surface area contributed by atoms with Crippen molar-refractivity contribution >= 4 is 27.8 Å². The maximum absolute atomic E-state index is 11.8. The van der Waals surface area contributed by atoms with E-state index in [2.05, 4.69) is 5.32 Å². The van der Waals surface area contributed by atoms with Crippen LogP contribution in [0.15, 0.2) is 0 Å². The van der Waals surface area contributed by atoms with Crippen LogP contribution in [0.25, 0.3) is 0 Å². The summed E-state index contributed by atoms with van der Waals surface area (Å²) in [5.74, 6) is -2.81. The Hall–Kier alpha value is -1.84. The van der Waals surface area contributed by atoms with E-state index < -0.39 is 33.8 Å². The smallest absolute Gasteiger partial charge is 0.326 e. The summed E-state index contributed by atoms with van der Waals surface area (Å²) in [5, 5.41) is 19.6. The number of rotatable bonds is 5. The van der Waals surface area contributed by atoms with Crippen molar-refractivity contribution in [3.8, 4) is 0 Å². The number of carboxylic acid groups (broad SMARTS) is 2. The highest BCUT2D eigenvalue weighted by atomic mass is 32.2. The molecule has 1 atom stereocenters. The molecule has 0 aromatic heterocycles. The highest BCUT2D eigenvalue weighted by Gasteiger charge is 2.28. The highest BCUT2D eigenvalue weighted by molar-refractivity contribution is 7.91. The van der Waals surface area contributed by atoms with Crippen LogP contribution in [0.1, 0.15) is 12.8 Å². The number of sulfone groups is 1. The molecular weight excluding hydrogens is 292 g/mol. The Kier molecular flexibility index (Phi) is 5.31. The van der Waals surface area contributed by atoms with E-state index in [0.29, 0.717) is 0 Å². The third-order valence-electron chi connectivity index (χ3n) is 2.87. The Labute approximate surface area is 115 Å². The number of nitrogens with zero attached hydrogens (tertiary/aromatic N) is 1. The number of urea groups is 1. The number of carboxylic acids is 2. The number of aliphatic carboxylic acids is 2. The molecule has 114 valence electrons. The summed E-state index contributed by atoms with van der Waals surface area (Å²) in [7, 11) is -3.13. The summed E-state index contributed by atoms with van der Waals surface area (Å²) in [6.07, 6.45) is -0.617. The van der Waals surface area contributed by atoms with Crippen molar-refractivity contribution in [3.05, 3.63) is 0 Å². The van der Waals surface area contributed by atoms with Gasteiger partial charge >= 0.3 is 18.0 Å². The van der Waals surface area contributed by atoms with Crippen molar-refractivity contribution in [1.29, 1.82) is 0 Å². The van der Waals surface area contributed by atoms with E-state index in [9.17, 15) is 22.8 Å². The molecule has 0 aromatic rings. The minimum atomic E-state index is -3.13. The van der Waals surface area contributed by atoms with Crippen LogP contribution in [-0.2, 0) is 19.4 Å². The Morgan fingerprint density at radius 3 is 2.15 bits per heavy atom. The van der Waals surface area contributed by atoms with E-state index in [-0.39, 0.29) is 37.4 Å². The molecule has 0 saturated carbocycles. The van der Waals surface area contributed by atoms with E-state index >= 15 is 0 Å². The molecule has 0 spiro atoms. The van der Waals surface area contributed by atoms with Crippen LogP contribution in [0.2, 0.25) is 0 Å². The second kappa shape index (κ2) is 6.55. The highest BCUT2D eigenvalue weighted by Crippen LogP contribution is 2.05. The van der Waals surface area contributed by atoms with Gasteiger partial charge in [0.05, 0.1) is 11.5 Å². The van der Waals surface area contributed by atoms with Gasteiger partial charge in [-0.2, -0.15) is 0 Å². The largest absolute Gasteiger partial charge is 0.481 e. The van der Waals surface area contributed by atoms with Gasteiger partial charge in [0.15, 0.2) is 9.84 Å². The van der Waals surface area contributed by atoms with Crippen LogP contribution < -0.4 is 5.32 Å². The molecule has 1 rings (SSSR count). The minimum Gasteiger partial charge on any atom is -0.481 e. The van der Waals surface area contributed by atoms with E-state index in [0.717, 1.165) is 0 Å². The van der Waals surface area contributed by atoms with Crippen LogP contribution in [0.3, 0.4) is 0 Å². The maximum Gasteiger partial charge on any atom is 0.326 e. The standard InChI is InChI=1S/C10H16N2O7S/c13-8(14)2-1-7(9(15)16)11-10(17)12-3-5-20(18,19)6-4-12/h7H,1-6H2,(H,11,17)(H,13,14)(H,15,16). The lowest BCUT2D eigenvalue weighted by Crippen LogP contribution is -2.52. The van der Waals surface area contributed by atoms with Gasteiger partial charge in [-0.15, -0.1) is 0 Å². The molecule has 1 aliphatic heterocycles. The van der Waals surface area contributed by atoms with Crippen LogP contribution in [-0.4, -0.2) is 72.1 Å². The summed E-state index contributed by atoms with van der Waals surface area (Å²) in [6, 6.07) is -2.00. The summed E-state index contributed by atoms with van der Waals surface area (Å²) in [4.78, 5) is 34.3. The molecule has 10 heteroatoms. The second-order valence-corrected chi connectivity index (χ2v) is 6.72. The van der Waals surface area contributed by atoms with Crippen LogP contribution in [0, 0.1) is 0 Å². The van der Waals surface area contributed by atoms with Gasteiger partial charge in [0, 0.05) is 19.5 Å². The fourth-order valence-electron chi connectivity index (χ4n) is 1.68. The zero-order valence-electron chi connectivity index (χ0n) is 10.6. The fourth-order valence-corrected chi connectivity index (χ4v) is 2.88. The minimum absolute atomic E-state index is 0.000559. The lowest BCUT2D eigenvalue weighted by atomic mass is 10.1. The predicted octanol–water partition coefficient (Wildman–Crippen LogP) is -1.26. The van der Waals surface area contributed by atoms with Gasteiger partial charge in [0.2, 0.25) is 0 Å². The first kappa shape index (κ1) is 16.2. The Bertz CT molecular complexity index is 488. The Morgan fingerprint density at radius 1 is 1.15 bits per heavy atom. The van der Waals surface area contributed by atoms with Gasteiger partial charge in [-0.3, -0.25) is 4.79 Å². The van der Waals surface area contributed by atoms with Crippen molar-refractivity contribution in [2.75, 3.05) is 24.6 Å². The van der Waals surface area contributed by atoms with Crippen LogP contribution in [0.4, 0.5) is 4.79 Å². The van der Waals surface area contributed by atoms with Crippen LogP contribution in [0.5, 0.6) is 0 Å². The molecule has 1 saturated heterocycles. The molecule has 0 bridgehead atoms. The summed E-state index contributed by atoms with van der Waals surface area (Å²) in [6.45, 7) is -0.00112. The van der Waals surface area contributed by atoms with Gasteiger partial charge in [0.25, 0.3) is 0 Å². The molecule has 1 aliphatic rings. The molecule has 2 amide bonds. The molecule has 1 fully saturated rings. The van der Waals surface area contributed by atoms with Crippen molar-refractivity contribution in [1.82, 2.24) is 10.2 Å². The molecule has 0 aliphatic carbocycles. The quantitative estimate of drug-likeness (QED) is 0.575. The Morgan fingerprint density at radius 2 is 1.70 bits per heavy atom. The molecule has 3 N–H and O–H groups in total. The molecule has 9 nitrogen and oxygen atoms in total. The van der Waals surface area contributed by atoms with Crippen LogP contribution >= 0.6 is 0 Å². The first-order chi connectivity index (χ1) is 9.21. The van der Waals surface area contributed by atoms with Crippen molar-refractivity contribution in [2.24, 2.45) is 0 Å². The van der Waals surface area contributed by atoms with E-state index in [4.69, 9.17) is 10.2 Å². The monoisotopic (exact) mass is 308 g/mol. The van der Waals surface area contributed by atoms with E-state index in [1.807, 2.05) is 0 Å². The van der Waals surface area contributed by atoms with Gasteiger partial charge in [-0.05, 0) is 6.42 Å². The molecular formula is C10H16N2O7S. The average Bonchev–Trinajstić information content (AvgIpc) is 2.33. The molecule has 1 heterocycles. The lowest BCUT2D eigenvalue weighted by molar-refractivity contribution is -0.140. The van der Waals surface area contributed by atoms with Gasteiger partial charge < -0.3 is 20.4 Å². The summed E-state index contributed by atoms with van der Waals surface area (Å²) in [5.41, 5.74) is 0. The van der Waals surface area contributed by atoms with Gasteiger partial charge in [-0.1, -0.05) is 0 Å². The molecule has 0 aromatic carbocycles. The lowest BCUT2D eigenvalue weighted by Gasteiger charge is -2.28. The maximum atomic E-state index is 11.8. The number of amides is 2. The number of hydrogen-bond acceptors (Lipinski definition) is 5. The SMILES string of the molecule is O=C(O)CCC(NC(=O)N1CCS(=O)(=O)CC1)C(=O)O. The first-order valence-electron chi connectivity index (χ1n) is 5.92. The van der Waals surface area contributed by atoms with Gasteiger partial charge in [0.1, 0.15) is 6.04 Å². The van der Waals surface area contributed by atoms with Crippen molar-refractivity contribution in [2.45, 2.75) is 18.9 Å². The third-order valence-corrected chi connectivity index (χ3v) is 4.48. The normalized spacial score (nSPS) is 19.1. The fraction of sp³-hybridized carbons (Fsp3) is 0.700. The van der Waals surface area contributed by atoms with Gasteiger partial charge in [-0.25, -0.2) is 18.0 Å². The first-order valence-corrected chi connectivity index (χ1v) is 7.74. The average molecular weight is 308 g/mol. The molecule has 1 unspecified atom stereocenters. The number of nitrogens with one attached hydrogen (secondary N) is 1. The summed E-state index contributed by atoms with van der Waals surface area (Å²) >= 11 is 0. The third kappa shape index (κ3) is 5.03. The zero-order valence-corrected chi connectivity index (χ0v) is 11.4. The number of carbonyl (C=O) groups is 3. The van der Waals surface area contributed by atoms with Crippen molar-refractivity contribution < 1.29 is 33.0 Å². The van der Waals surface area contributed by atoms with E-state index in [1.165, 1.54) is 4.90 Å². The van der Waals surface area contributed by atoms with E-state index in [1.54, 1.807) is 0 Å². The topological polar surface area (TPSA) is 141 Å². The zero-order chi connectivity index (χ0) is 15.3. The van der Waals surface area contributed by atoms with Crippen molar-refractivity contribution in [3.63, 3.8) is 0 Å². The number of carbonyl (C=O) groups excluding carboxylic acids is 1. The summed E-state index contributed by atoms with van der Waals surface area (Å²) < 4.78 is 22.4. The molecule has 0 radical (unpaired) electrons.